The lowest BCUT2D eigenvalue weighted by Gasteiger charge is -2.19. The Labute approximate surface area is 193 Å². The lowest BCUT2D eigenvalue weighted by Crippen LogP contribution is -2.33. The predicted octanol–water partition coefficient (Wildman–Crippen LogP) is 2.90. The number of nitrogens with one attached hydrogen (secondary N) is 1. The van der Waals surface area contributed by atoms with Gasteiger partial charge in [0.25, 0.3) is 5.91 Å². The minimum Gasteiger partial charge on any atom is -0.497 e. The zero-order chi connectivity index (χ0) is 23.4. The highest BCUT2D eigenvalue weighted by Gasteiger charge is 2.33. The van der Waals surface area contributed by atoms with Crippen LogP contribution in [0.1, 0.15) is 47.6 Å². The van der Waals surface area contributed by atoms with Crippen LogP contribution in [0.2, 0.25) is 0 Å². The number of methoxy groups -OCH3 is 1. The molecule has 4 rings (SSSR count). The van der Waals surface area contributed by atoms with Gasteiger partial charge < -0.3 is 14.8 Å². The van der Waals surface area contributed by atoms with Crippen LogP contribution >= 0.6 is 0 Å². The average molecular weight is 473 g/mol. The zero-order valence-corrected chi connectivity index (χ0v) is 19.3. The number of amides is 1. The molecule has 1 saturated carbocycles. The molecule has 1 N–H and O–H groups in total. The summed E-state index contributed by atoms with van der Waals surface area (Å²) in [6.07, 6.45) is 3.70. The number of ether oxygens (including phenoxy) is 2. The topological polar surface area (TPSA) is 102 Å². The molecular weight excluding hydrogens is 444 g/mol. The van der Waals surface area contributed by atoms with Gasteiger partial charge in [0.1, 0.15) is 5.75 Å². The van der Waals surface area contributed by atoms with E-state index in [1.54, 1.807) is 7.11 Å². The van der Waals surface area contributed by atoms with Crippen molar-refractivity contribution >= 4 is 21.9 Å². The highest BCUT2D eigenvalue weighted by molar-refractivity contribution is 7.89. The molecule has 0 spiro atoms. The molecule has 1 atom stereocenters. The Bertz CT molecular complexity index is 1110. The maximum absolute atomic E-state index is 12.7. The Balaban J connectivity index is 1.36. The van der Waals surface area contributed by atoms with E-state index in [-0.39, 0.29) is 16.5 Å². The summed E-state index contributed by atoms with van der Waals surface area (Å²) in [4.78, 5) is 25.1. The number of hydrogen-bond acceptors (Lipinski definition) is 6. The fourth-order valence-corrected chi connectivity index (χ4v) is 5.57. The number of hydrogen-bond donors (Lipinski definition) is 1. The molecular formula is C24H28N2O6S. The molecule has 0 bridgehead atoms. The maximum atomic E-state index is 12.7. The van der Waals surface area contributed by atoms with Gasteiger partial charge in [0, 0.05) is 13.1 Å². The van der Waals surface area contributed by atoms with Gasteiger partial charge >= 0.3 is 5.97 Å². The van der Waals surface area contributed by atoms with Crippen molar-refractivity contribution in [1.29, 1.82) is 0 Å². The molecule has 2 aliphatic rings. The standard InChI is InChI=1S/C24H28N2O6S/c1-31-20-11-9-18(10-12-20)23(17-7-8-17)25-22(27)16-32-24(28)19-5-4-6-21(15-19)33(29,30)26-13-2-3-14-26/h4-6,9-12,15,17,23H,2-3,7-8,13-14,16H2,1H3,(H,25,27). The lowest BCUT2D eigenvalue weighted by molar-refractivity contribution is -0.125. The quantitative estimate of drug-likeness (QED) is 0.563. The SMILES string of the molecule is COc1ccc(C(NC(=O)COC(=O)c2cccc(S(=O)(=O)N3CCCC3)c2)C2CC2)cc1. The van der Waals surface area contributed by atoms with E-state index in [0.717, 1.165) is 37.0 Å². The third kappa shape index (κ3) is 5.54. The number of carbonyl (C=O) groups excluding carboxylic acids is 2. The Morgan fingerprint density at radius 3 is 2.42 bits per heavy atom. The fourth-order valence-electron chi connectivity index (χ4n) is 4.00. The molecule has 0 aromatic heterocycles. The van der Waals surface area contributed by atoms with Crippen molar-refractivity contribution in [2.45, 2.75) is 36.6 Å². The summed E-state index contributed by atoms with van der Waals surface area (Å²) in [6, 6.07) is 13.1. The molecule has 1 aliphatic carbocycles. The van der Waals surface area contributed by atoms with Gasteiger partial charge in [-0.3, -0.25) is 4.79 Å². The van der Waals surface area contributed by atoms with Crippen molar-refractivity contribution in [2.24, 2.45) is 5.92 Å². The van der Waals surface area contributed by atoms with Crippen LogP contribution < -0.4 is 10.1 Å². The molecule has 2 aromatic rings. The predicted molar refractivity (Wildman–Crippen MR) is 121 cm³/mol. The normalized spacial score (nSPS) is 17.4. The Morgan fingerprint density at radius 2 is 1.79 bits per heavy atom. The van der Waals surface area contributed by atoms with Crippen LogP contribution in [0.5, 0.6) is 5.75 Å². The highest BCUT2D eigenvalue weighted by atomic mass is 32.2. The van der Waals surface area contributed by atoms with Crippen molar-refractivity contribution in [3.05, 3.63) is 59.7 Å². The Morgan fingerprint density at radius 1 is 1.09 bits per heavy atom. The van der Waals surface area contributed by atoms with E-state index in [9.17, 15) is 18.0 Å². The zero-order valence-electron chi connectivity index (χ0n) is 18.5. The third-order valence-electron chi connectivity index (χ3n) is 5.99. The number of carbonyl (C=O) groups is 2. The van der Waals surface area contributed by atoms with Gasteiger partial charge in [-0.2, -0.15) is 4.31 Å². The van der Waals surface area contributed by atoms with Crippen LogP contribution in [0.25, 0.3) is 0 Å². The summed E-state index contributed by atoms with van der Waals surface area (Å²) in [6.45, 7) is 0.516. The van der Waals surface area contributed by atoms with E-state index in [1.807, 2.05) is 24.3 Å². The first-order valence-corrected chi connectivity index (χ1v) is 12.5. The Hall–Kier alpha value is -2.91. The number of nitrogens with zero attached hydrogens (tertiary/aromatic N) is 1. The molecule has 0 radical (unpaired) electrons. The fraction of sp³-hybridized carbons (Fsp3) is 0.417. The molecule has 9 heteroatoms. The van der Waals surface area contributed by atoms with Gasteiger partial charge in [0.05, 0.1) is 23.6 Å². The molecule has 8 nitrogen and oxygen atoms in total. The minimum atomic E-state index is -3.64. The second-order valence-electron chi connectivity index (χ2n) is 8.37. The van der Waals surface area contributed by atoms with E-state index in [1.165, 1.54) is 28.6 Å². The molecule has 2 fully saturated rings. The van der Waals surface area contributed by atoms with Crippen LogP contribution in [-0.2, 0) is 19.6 Å². The molecule has 1 heterocycles. The monoisotopic (exact) mass is 472 g/mol. The van der Waals surface area contributed by atoms with Gasteiger partial charge in [-0.1, -0.05) is 18.2 Å². The van der Waals surface area contributed by atoms with E-state index >= 15 is 0 Å². The number of sulfonamides is 1. The van der Waals surface area contributed by atoms with Gasteiger partial charge in [0.15, 0.2) is 6.61 Å². The summed E-state index contributed by atoms with van der Waals surface area (Å²) < 4.78 is 37.3. The van der Waals surface area contributed by atoms with Crippen molar-refractivity contribution in [1.82, 2.24) is 9.62 Å². The van der Waals surface area contributed by atoms with Crippen LogP contribution in [0.3, 0.4) is 0 Å². The van der Waals surface area contributed by atoms with Gasteiger partial charge in [0.2, 0.25) is 10.0 Å². The van der Waals surface area contributed by atoms with E-state index in [2.05, 4.69) is 5.32 Å². The minimum absolute atomic E-state index is 0.0524. The first kappa shape index (κ1) is 23.3. The molecule has 1 saturated heterocycles. The van der Waals surface area contributed by atoms with Crippen molar-refractivity contribution < 1.29 is 27.5 Å². The Kier molecular flexibility index (Phi) is 6.99. The molecule has 1 unspecified atom stereocenters. The van der Waals surface area contributed by atoms with E-state index in [4.69, 9.17) is 9.47 Å². The van der Waals surface area contributed by atoms with Crippen LogP contribution in [0.15, 0.2) is 53.4 Å². The number of benzene rings is 2. The second kappa shape index (κ2) is 9.93. The number of rotatable bonds is 9. The van der Waals surface area contributed by atoms with Crippen molar-refractivity contribution in [2.75, 3.05) is 26.8 Å². The summed E-state index contributed by atoms with van der Waals surface area (Å²) in [5, 5.41) is 2.95. The summed E-state index contributed by atoms with van der Waals surface area (Å²) in [5.74, 6) is -0.0546. The molecule has 176 valence electrons. The summed E-state index contributed by atoms with van der Waals surface area (Å²) in [7, 11) is -2.04. The summed E-state index contributed by atoms with van der Waals surface area (Å²) >= 11 is 0. The van der Waals surface area contributed by atoms with Crippen LogP contribution in [0.4, 0.5) is 0 Å². The first-order valence-electron chi connectivity index (χ1n) is 11.1. The third-order valence-corrected chi connectivity index (χ3v) is 7.89. The maximum Gasteiger partial charge on any atom is 0.338 e. The largest absolute Gasteiger partial charge is 0.497 e. The van der Waals surface area contributed by atoms with E-state index in [0.29, 0.717) is 19.0 Å². The molecule has 2 aromatic carbocycles. The summed E-state index contributed by atoms with van der Waals surface area (Å²) in [5.41, 5.74) is 1.06. The van der Waals surface area contributed by atoms with Crippen molar-refractivity contribution in [3.8, 4) is 5.75 Å². The van der Waals surface area contributed by atoms with Crippen LogP contribution in [0, 0.1) is 5.92 Å². The molecule has 1 amide bonds. The van der Waals surface area contributed by atoms with Gasteiger partial charge in [-0.05, 0) is 67.5 Å². The lowest BCUT2D eigenvalue weighted by atomic mass is 10.0. The van der Waals surface area contributed by atoms with Crippen molar-refractivity contribution in [3.63, 3.8) is 0 Å². The van der Waals surface area contributed by atoms with Gasteiger partial charge in [-0.25, -0.2) is 13.2 Å². The van der Waals surface area contributed by atoms with Crippen LogP contribution in [-0.4, -0.2) is 51.4 Å². The molecule has 33 heavy (non-hydrogen) atoms. The highest BCUT2D eigenvalue weighted by Crippen LogP contribution is 2.41. The smallest absolute Gasteiger partial charge is 0.338 e. The molecule has 1 aliphatic heterocycles. The average Bonchev–Trinajstić information content (AvgIpc) is 3.52. The van der Waals surface area contributed by atoms with E-state index < -0.39 is 28.5 Å². The second-order valence-corrected chi connectivity index (χ2v) is 10.3. The number of esters is 1. The first-order chi connectivity index (χ1) is 15.9. The van der Waals surface area contributed by atoms with Gasteiger partial charge in [-0.15, -0.1) is 0 Å².